The van der Waals surface area contributed by atoms with E-state index >= 15 is 0 Å². The molecule has 0 N–H and O–H groups in total. The molecule has 0 unspecified atom stereocenters. The number of nitrogens with zero attached hydrogens (tertiary/aromatic N) is 2. The number of amides is 1. The van der Waals surface area contributed by atoms with E-state index in [1.165, 1.54) is 16.2 Å². The SMILES string of the molecule is CN(Cc1csc(Br)c1)C(=O)c1cc(F)cnc1Cl. The molecule has 2 aromatic heterocycles. The van der Waals surface area contributed by atoms with Gasteiger partial charge >= 0.3 is 0 Å². The summed E-state index contributed by atoms with van der Waals surface area (Å²) in [5.41, 5.74) is 1.06. The molecule has 0 aliphatic carbocycles. The molecule has 0 aliphatic heterocycles. The van der Waals surface area contributed by atoms with Crippen molar-refractivity contribution in [1.82, 2.24) is 9.88 Å². The van der Waals surface area contributed by atoms with E-state index in [4.69, 9.17) is 11.6 Å². The molecule has 7 heteroatoms. The highest BCUT2D eigenvalue weighted by atomic mass is 79.9. The van der Waals surface area contributed by atoms with E-state index in [9.17, 15) is 9.18 Å². The van der Waals surface area contributed by atoms with Crippen LogP contribution in [0.5, 0.6) is 0 Å². The van der Waals surface area contributed by atoms with E-state index in [-0.39, 0.29) is 16.6 Å². The molecule has 19 heavy (non-hydrogen) atoms. The van der Waals surface area contributed by atoms with Crippen LogP contribution in [0.2, 0.25) is 5.15 Å². The average Bonchev–Trinajstić information content (AvgIpc) is 2.77. The number of carbonyl (C=O) groups excluding carboxylic acids is 1. The van der Waals surface area contributed by atoms with Crippen LogP contribution < -0.4 is 0 Å². The van der Waals surface area contributed by atoms with Gasteiger partial charge in [0.25, 0.3) is 5.91 Å². The first-order valence-corrected chi connectivity index (χ1v) is 7.32. The third kappa shape index (κ3) is 3.52. The second-order valence-corrected chi connectivity index (χ2v) is 6.56. The molecule has 0 radical (unpaired) electrons. The van der Waals surface area contributed by atoms with Gasteiger partial charge in [0.15, 0.2) is 0 Å². The zero-order valence-corrected chi connectivity index (χ0v) is 13.0. The van der Waals surface area contributed by atoms with Crippen LogP contribution in [-0.4, -0.2) is 22.8 Å². The first-order valence-electron chi connectivity index (χ1n) is 5.27. The zero-order chi connectivity index (χ0) is 14.0. The van der Waals surface area contributed by atoms with Gasteiger partial charge in [-0.1, -0.05) is 11.6 Å². The first kappa shape index (κ1) is 14.4. The van der Waals surface area contributed by atoms with Crippen LogP contribution in [0.4, 0.5) is 4.39 Å². The standard InChI is InChI=1S/C12H9BrClFN2OS/c1-17(5-7-2-10(13)19-6-7)12(18)9-3-8(15)4-16-11(9)14/h2-4,6H,5H2,1H3. The lowest BCUT2D eigenvalue weighted by Crippen LogP contribution is -2.26. The van der Waals surface area contributed by atoms with Crippen LogP contribution in [-0.2, 0) is 6.54 Å². The van der Waals surface area contributed by atoms with Gasteiger partial charge in [0.05, 0.1) is 15.5 Å². The maximum Gasteiger partial charge on any atom is 0.257 e. The lowest BCUT2D eigenvalue weighted by molar-refractivity contribution is 0.0784. The lowest BCUT2D eigenvalue weighted by Gasteiger charge is -2.16. The van der Waals surface area contributed by atoms with Gasteiger partial charge in [0.1, 0.15) is 11.0 Å². The topological polar surface area (TPSA) is 33.2 Å². The summed E-state index contributed by atoms with van der Waals surface area (Å²) in [4.78, 5) is 17.3. The number of pyridine rings is 1. The van der Waals surface area contributed by atoms with Gasteiger partial charge in [-0.15, -0.1) is 11.3 Å². The number of rotatable bonds is 3. The first-order chi connectivity index (χ1) is 8.97. The van der Waals surface area contributed by atoms with Crippen LogP contribution in [0.25, 0.3) is 0 Å². The van der Waals surface area contributed by atoms with Gasteiger partial charge in [-0.25, -0.2) is 9.37 Å². The molecule has 2 rings (SSSR count). The summed E-state index contributed by atoms with van der Waals surface area (Å²) >= 11 is 10.7. The molecular formula is C12H9BrClFN2OS. The van der Waals surface area contributed by atoms with Crippen molar-refractivity contribution in [3.63, 3.8) is 0 Å². The fraction of sp³-hybridized carbons (Fsp3) is 0.167. The number of thiophene rings is 1. The van der Waals surface area contributed by atoms with E-state index in [0.717, 1.165) is 21.6 Å². The number of hydrogen-bond acceptors (Lipinski definition) is 3. The monoisotopic (exact) mass is 362 g/mol. The zero-order valence-electron chi connectivity index (χ0n) is 9.86. The number of halogens is 3. The molecular weight excluding hydrogens is 355 g/mol. The smallest absolute Gasteiger partial charge is 0.257 e. The molecule has 0 fully saturated rings. The second-order valence-electron chi connectivity index (χ2n) is 3.91. The van der Waals surface area contributed by atoms with E-state index in [1.54, 1.807) is 7.05 Å². The van der Waals surface area contributed by atoms with Crippen LogP contribution in [0.15, 0.2) is 27.5 Å². The predicted octanol–water partition coefficient (Wildman–Crippen LogP) is 3.97. The normalized spacial score (nSPS) is 10.5. The molecule has 3 nitrogen and oxygen atoms in total. The lowest BCUT2D eigenvalue weighted by atomic mass is 10.2. The van der Waals surface area contributed by atoms with Crippen molar-refractivity contribution >= 4 is 44.8 Å². The molecule has 0 aliphatic rings. The maximum atomic E-state index is 13.1. The van der Waals surface area contributed by atoms with Gasteiger partial charge in [-0.2, -0.15) is 0 Å². The summed E-state index contributed by atoms with van der Waals surface area (Å²) in [6.07, 6.45) is 0.981. The van der Waals surface area contributed by atoms with Gasteiger partial charge in [-0.3, -0.25) is 4.79 Å². The van der Waals surface area contributed by atoms with Crippen molar-refractivity contribution in [1.29, 1.82) is 0 Å². The summed E-state index contributed by atoms with van der Waals surface area (Å²) in [6, 6.07) is 3.03. The van der Waals surface area contributed by atoms with Gasteiger partial charge in [0, 0.05) is 13.6 Å². The molecule has 0 aromatic carbocycles. The Labute approximate surface area is 127 Å². The molecule has 100 valence electrons. The van der Waals surface area contributed by atoms with Crippen LogP contribution in [0.3, 0.4) is 0 Å². The van der Waals surface area contributed by atoms with Crippen molar-refractivity contribution in [2.75, 3.05) is 7.05 Å². The Morgan fingerprint density at radius 2 is 2.32 bits per heavy atom. The molecule has 0 bridgehead atoms. The maximum absolute atomic E-state index is 13.1. The van der Waals surface area contributed by atoms with Gasteiger partial charge < -0.3 is 4.90 Å². The fourth-order valence-electron chi connectivity index (χ4n) is 1.55. The largest absolute Gasteiger partial charge is 0.337 e. The summed E-state index contributed by atoms with van der Waals surface area (Å²) in [5.74, 6) is -0.946. The van der Waals surface area contributed by atoms with E-state index < -0.39 is 5.82 Å². The summed E-state index contributed by atoms with van der Waals surface area (Å²) < 4.78 is 14.1. The van der Waals surface area contributed by atoms with E-state index in [1.807, 2.05) is 11.4 Å². The van der Waals surface area contributed by atoms with Crippen LogP contribution >= 0.6 is 38.9 Å². The molecule has 1 amide bonds. The van der Waals surface area contributed by atoms with Crippen molar-refractivity contribution < 1.29 is 9.18 Å². The minimum Gasteiger partial charge on any atom is -0.337 e. The molecule has 0 saturated carbocycles. The Balaban J connectivity index is 2.16. The Morgan fingerprint density at radius 1 is 1.58 bits per heavy atom. The number of hydrogen-bond donors (Lipinski definition) is 0. The van der Waals surface area contributed by atoms with Crippen molar-refractivity contribution in [3.8, 4) is 0 Å². The third-order valence-corrected chi connectivity index (χ3v) is 4.28. The average molecular weight is 364 g/mol. The van der Waals surface area contributed by atoms with E-state index in [0.29, 0.717) is 6.54 Å². The quantitative estimate of drug-likeness (QED) is 0.773. The molecule has 0 atom stereocenters. The minimum atomic E-state index is -0.584. The second kappa shape index (κ2) is 5.98. The van der Waals surface area contributed by atoms with Crippen molar-refractivity contribution in [3.05, 3.63) is 49.6 Å². The summed E-state index contributed by atoms with van der Waals surface area (Å²) in [5, 5.41) is 1.95. The molecule has 0 spiro atoms. The summed E-state index contributed by atoms with van der Waals surface area (Å²) in [6.45, 7) is 0.424. The van der Waals surface area contributed by atoms with E-state index in [2.05, 4.69) is 20.9 Å². The number of carbonyl (C=O) groups is 1. The van der Waals surface area contributed by atoms with Crippen LogP contribution in [0.1, 0.15) is 15.9 Å². The van der Waals surface area contributed by atoms with Gasteiger partial charge in [-0.05, 0) is 39.0 Å². The number of aromatic nitrogens is 1. The van der Waals surface area contributed by atoms with Crippen molar-refractivity contribution in [2.24, 2.45) is 0 Å². The Kier molecular flexibility index (Phi) is 4.54. The molecule has 2 heterocycles. The highest BCUT2D eigenvalue weighted by molar-refractivity contribution is 9.11. The highest BCUT2D eigenvalue weighted by Crippen LogP contribution is 2.22. The predicted molar refractivity (Wildman–Crippen MR) is 77.0 cm³/mol. The minimum absolute atomic E-state index is 0.00440. The Hall–Kier alpha value is -0.980. The Morgan fingerprint density at radius 3 is 2.95 bits per heavy atom. The fourth-order valence-corrected chi connectivity index (χ4v) is 2.94. The van der Waals surface area contributed by atoms with Crippen molar-refractivity contribution in [2.45, 2.75) is 6.54 Å². The van der Waals surface area contributed by atoms with Crippen LogP contribution in [0, 0.1) is 5.82 Å². The summed E-state index contributed by atoms with van der Waals surface area (Å²) in [7, 11) is 1.63. The molecule has 0 saturated heterocycles. The highest BCUT2D eigenvalue weighted by Gasteiger charge is 2.17. The Bertz CT molecular complexity index is 620. The molecule has 2 aromatic rings. The third-order valence-electron chi connectivity index (χ3n) is 2.42. The van der Waals surface area contributed by atoms with Gasteiger partial charge in [0.2, 0.25) is 0 Å².